The molecule has 0 amide bonds. The van der Waals surface area contributed by atoms with Crippen LogP contribution in [0, 0.1) is 40.4 Å². The minimum atomic E-state index is -0.637. The van der Waals surface area contributed by atoms with E-state index in [1.807, 2.05) is 0 Å². The van der Waals surface area contributed by atoms with Crippen LogP contribution in [0.15, 0.2) is 0 Å². The van der Waals surface area contributed by atoms with Crippen LogP contribution < -0.4 is 0 Å². The highest BCUT2D eigenvalue weighted by molar-refractivity contribution is 5.75. The van der Waals surface area contributed by atoms with E-state index in [1.54, 1.807) is 6.47 Å². The van der Waals surface area contributed by atoms with Gasteiger partial charge in [-0.1, -0.05) is 20.8 Å². The zero-order valence-corrected chi connectivity index (χ0v) is 16.3. The molecule has 0 aliphatic heterocycles. The monoisotopic (exact) mass is 359 g/mol. The second-order valence-electron chi connectivity index (χ2n) is 10.9. The van der Waals surface area contributed by atoms with E-state index >= 15 is 0 Å². The normalized spacial score (nSPS) is 52.9. The van der Waals surface area contributed by atoms with Gasteiger partial charge in [-0.15, -0.1) is 0 Å². The Morgan fingerprint density at radius 2 is 1.73 bits per heavy atom. The number of ether oxygens (including phenoxy) is 2. The summed E-state index contributed by atoms with van der Waals surface area (Å²) in [5.41, 5.74) is -0.335. The van der Waals surface area contributed by atoms with Gasteiger partial charge >= 0.3 is 12.4 Å². The van der Waals surface area contributed by atoms with Crippen molar-refractivity contribution in [2.24, 2.45) is 40.4 Å². The molecule has 6 bridgehead atoms. The Labute approximate surface area is 156 Å². The highest BCUT2D eigenvalue weighted by Gasteiger charge is 2.65. The molecule has 143 valence electrons. The quantitative estimate of drug-likeness (QED) is 0.711. The Bertz CT molecular complexity index is 626. The highest BCUT2D eigenvalue weighted by atomic mass is 16.6. The van der Waals surface area contributed by atoms with Gasteiger partial charge in [0.15, 0.2) is 0 Å². The highest BCUT2D eigenvalue weighted by Crippen LogP contribution is 2.67. The zero-order valence-electron chi connectivity index (χ0n) is 16.3. The number of hydrogen-bond acceptors (Lipinski definition) is 4. The van der Waals surface area contributed by atoms with Gasteiger partial charge in [0.25, 0.3) is 0 Å². The van der Waals surface area contributed by atoms with E-state index in [2.05, 4.69) is 20.8 Å². The number of rotatable bonds is 4. The van der Waals surface area contributed by atoms with Gasteiger partial charge < -0.3 is 9.47 Å². The van der Waals surface area contributed by atoms with Crippen LogP contribution in [0.1, 0.15) is 72.1 Å². The molecule has 6 atom stereocenters. The van der Waals surface area contributed by atoms with Gasteiger partial charge in [-0.25, -0.2) is 4.79 Å². The van der Waals surface area contributed by atoms with E-state index in [-0.39, 0.29) is 28.8 Å². The number of esters is 1. The molecule has 0 aromatic carbocycles. The maximum atomic E-state index is 13.4. The Morgan fingerprint density at radius 1 is 1.04 bits per heavy atom. The third-order valence-electron chi connectivity index (χ3n) is 9.72. The van der Waals surface area contributed by atoms with E-state index < -0.39 is 5.60 Å². The van der Waals surface area contributed by atoms with Crippen molar-refractivity contribution in [3.63, 3.8) is 0 Å². The lowest BCUT2D eigenvalue weighted by atomic mass is 9.49. The largest absolute Gasteiger partial charge is 0.461 e. The smallest absolute Gasteiger partial charge is 0.418 e. The summed E-state index contributed by atoms with van der Waals surface area (Å²) in [6, 6.07) is 0. The molecular formula is C22H31O4. The Morgan fingerprint density at radius 3 is 2.27 bits per heavy atom. The minimum Gasteiger partial charge on any atom is -0.461 e. The Kier molecular flexibility index (Phi) is 3.45. The average molecular weight is 359 g/mol. The van der Waals surface area contributed by atoms with Crippen molar-refractivity contribution in [2.75, 3.05) is 0 Å². The molecular weight excluding hydrogens is 328 g/mol. The predicted molar refractivity (Wildman–Crippen MR) is 95.7 cm³/mol. The van der Waals surface area contributed by atoms with Gasteiger partial charge in [0, 0.05) is 5.41 Å². The standard InChI is InChI=1S/C22H31O4/c1-20(2)16-4-5-21(20,3)17(9-16)26-19(24)18-15-7-13-6-14(8-15)11-22(18,10-13)25-12-23/h13-18H,4-11H2,1-3H3. The lowest BCUT2D eigenvalue weighted by Gasteiger charge is -2.58. The van der Waals surface area contributed by atoms with E-state index in [0.29, 0.717) is 23.7 Å². The molecule has 0 aromatic heterocycles. The third kappa shape index (κ3) is 2.02. The first-order valence-electron chi connectivity index (χ1n) is 10.5. The molecule has 4 nitrogen and oxygen atoms in total. The summed E-state index contributed by atoms with van der Waals surface area (Å²) < 4.78 is 11.8. The molecule has 0 spiro atoms. The van der Waals surface area contributed by atoms with Crippen LogP contribution in [0.5, 0.6) is 0 Å². The Hall–Kier alpha value is -1.06. The summed E-state index contributed by atoms with van der Waals surface area (Å²) in [5, 5.41) is 0. The molecule has 6 saturated carbocycles. The molecule has 26 heavy (non-hydrogen) atoms. The van der Waals surface area contributed by atoms with Crippen molar-refractivity contribution in [3.8, 4) is 0 Å². The fourth-order valence-corrected chi connectivity index (χ4v) is 8.13. The van der Waals surface area contributed by atoms with Crippen LogP contribution in [-0.4, -0.2) is 24.1 Å². The molecule has 6 fully saturated rings. The first-order chi connectivity index (χ1) is 12.3. The van der Waals surface area contributed by atoms with Crippen molar-refractivity contribution in [3.05, 3.63) is 0 Å². The van der Waals surface area contributed by atoms with Crippen LogP contribution in [0.3, 0.4) is 0 Å². The summed E-state index contributed by atoms with van der Waals surface area (Å²) in [6.45, 7) is 8.68. The minimum absolute atomic E-state index is 0.0122. The van der Waals surface area contributed by atoms with Crippen LogP contribution in [0.2, 0.25) is 0 Å². The molecule has 6 rings (SSSR count). The van der Waals surface area contributed by atoms with E-state index in [4.69, 9.17) is 9.47 Å². The number of carbonyl (C=O) groups excluding carboxylic acids is 2. The van der Waals surface area contributed by atoms with Crippen LogP contribution >= 0.6 is 0 Å². The lowest BCUT2D eigenvalue weighted by Crippen LogP contribution is -2.61. The molecule has 6 aliphatic rings. The van der Waals surface area contributed by atoms with Crippen molar-refractivity contribution >= 4 is 12.4 Å². The second-order valence-corrected chi connectivity index (χ2v) is 10.9. The summed E-state index contributed by atoms with van der Waals surface area (Å²) in [6.07, 6.45) is 8.47. The molecule has 0 N–H and O–H groups in total. The second kappa shape index (κ2) is 5.26. The first-order valence-corrected chi connectivity index (χ1v) is 10.5. The number of carbonyl (C=O) groups is 1. The predicted octanol–water partition coefficient (Wildman–Crippen LogP) is 4.02. The number of fused-ring (bicyclic) bond motifs is 2. The number of hydrogen-bond donors (Lipinski definition) is 0. The molecule has 1 radical (unpaired) electrons. The molecule has 0 aromatic rings. The third-order valence-corrected chi connectivity index (χ3v) is 9.72. The first kappa shape index (κ1) is 17.1. The molecule has 0 heterocycles. The summed E-state index contributed by atoms with van der Waals surface area (Å²) >= 11 is 0. The summed E-state index contributed by atoms with van der Waals surface area (Å²) in [4.78, 5) is 24.5. The molecule has 6 aliphatic carbocycles. The maximum Gasteiger partial charge on any atom is 0.418 e. The van der Waals surface area contributed by atoms with E-state index in [0.717, 1.165) is 38.5 Å². The van der Waals surface area contributed by atoms with Crippen molar-refractivity contribution in [2.45, 2.75) is 83.8 Å². The lowest BCUT2D eigenvalue weighted by molar-refractivity contribution is -0.201. The van der Waals surface area contributed by atoms with Gasteiger partial charge in [0.2, 0.25) is 0 Å². The van der Waals surface area contributed by atoms with Crippen LogP contribution in [0.25, 0.3) is 0 Å². The van der Waals surface area contributed by atoms with Gasteiger partial charge in [-0.05, 0) is 80.5 Å². The topological polar surface area (TPSA) is 52.6 Å². The van der Waals surface area contributed by atoms with E-state index in [1.165, 1.54) is 12.8 Å². The molecule has 4 heteroatoms. The molecule has 6 unspecified atom stereocenters. The average Bonchev–Trinajstić information content (AvgIpc) is 2.87. The van der Waals surface area contributed by atoms with Gasteiger partial charge in [-0.2, -0.15) is 0 Å². The van der Waals surface area contributed by atoms with Crippen molar-refractivity contribution in [1.29, 1.82) is 0 Å². The fraction of sp³-hybridized carbons (Fsp3) is 0.909. The fourth-order valence-electron chi connectivity index (χ4n) is 8.13. The molecule has 0 saturated heterocycles. The van der Waals surface area contributed by atoms with Crippen molar-refractivity contribution < 1.29 is 19.1 Å². The van der Waals surface area contributed by atoms with Crippen LogP contribution in [-0.2, 0) is 19.1 Å². The SMILES string of the molecule is CC1(C)C2CCC1(C)C(OC(=O)C1C3CC4CC(C3)CC1(O[C]=O)C4)C2. The van der Waals surface area contributed by atoms with E-state index in [9.17, 15) is 9.59 Å². The summed E-state index contributed by atoms with van der Waals surface area (Å²) in [7, 11) is 0. The van der Waals surface area contributed by atoms with Crippen LogP contribution in [0.4, 0.5) is 0 Å². The maximum absolute atomic E-state index is 13.4. The zero-order chi connectivity index (χ0) is 18.3. The van der Waals surface area contributed by atoms with Gasteiger partial charge in [0.05, 0.1) is 5.92 Å². The van der Waals surface area contributed by atoms with Gasteiger partial charge in [0.1, 0.15) is 11.7 Å². The Balaban J connectivity index is 1.39. The van der Waals surface area contributed by atoms with Crippen molar-refractivity contribution in [1.82, 2.24) is 0 Å². The summed E-state index contributed by atoms with van der Waals surface area (Å²) in [5.74, 6) is 1.80. The van der Waals surface area contributed by atoms with Gasteiger partial charge in [-0.3, -0.25) is 4.79 Å².